The topological polar surface area (TPSA) is 61.8 Å². The largest absolute Gasteiger partial charge is 0.389 e. The molecule has 2 N–H and O–H groups in total. The quantitative estimate of drug-likeness (QED) is 0.757. The van der Waals surface area contributed by atoms with Gasteiger partial charge in [-0.2, -0.15) is 0 Å². The number of methoxy groups -OCH3 is 1. The molecular formula is C12H24N2O3. The van der Waals surface area contributed by atoms with Crippen LogP contribution in [0.1, 0.15) is 33.1 Å². The molecule has 17 heavy (non-hydrogen) atoms. The predicted octanol–water partition coefficient (Wildman–Crippen LogP) is 0.968. The Labute approximate surface area is 103 Å². The van der Waals surface area contributed by atoms with E-state index in [1.54, 1.807) is 28.0 Å². The van der Waals surface area contributed by atoms with E-state index in [1.165, 1.54) is 4.90 Å². The lowest BCUT2D eigenvalue weighted by Gasteiger charge is -2.40. The summed E-state index contributed by atoms with van der Waals surface area (Å²) in [6, 6.07) is -0.171. The number of rotatable bonds is 5. The minimum absolute atomic E-state index is 0.161. The van der Waals surface area contributed by atoms with Gasteiger partial charge in [-0.05, 0) is 33.1 Å². The van der Waals surface area contributed by atoms with Crippen LogP contribution in [0.5, 0.6) is 0 Å². The molecule has 1 fully saturated rings. The van der Waals surface area contributed by atoms with Crippen LogP contribution in [0.2, 0.25) is 0 Å². The molecule has 1 aliphatic carbocycles. The fraction of sp³-hybridized carbons (Fsp3) is 0.917. The Hall–Kier alpha value is -0.810. The zero-order valence-corrected chi connectivity index (χ0v) is 11.2. The second kappa shape index (κ2) is 5.23. The Morgan fingerprint density at radius 2 is 2.12 bits per heavy atom. The molecule has 0 heterocycles. The highest BCUT2D eigenvalue weighted by molar-refractivity contribution is 5.74. The number of nitrogens with zero attached hydrogens (tertiary/aromatic N) is 1. The summed E-state index contributed by atoms with van der Waals surface area (Å²) in [5.74, 6) is 0. The fourth-order valence-electron chi connectivity index (χ4n) is 2.05. The first-order chi connectivity index (χ1) is 7.78. The average Bonchev–Trinajstić information content (AvgIpc) is 2.13. The second-order valence-corrected chi connectivity index (χ2v) is 5.57. The molecule has 1 aliphatic rings. The Kier molecular flexibility index (Phi) is 4.38. The van der Waals surface area contributed by atoms with Crippen molar-refractivity contribution >= 4 is 6.03 Å². The Morgan fingerprint density at radius 1 is 1.53 bits per heavy atom. The van der Waals surface area contributed by atoms with E-state index in [2.05, 4.69) is 5.32 Å². The summed E-state index contributed by atoms with van der Waals surface area (Å²) in [5, 5.41) is 12.5. The first-order valence-electron chi connectivity index (χ1n) is 6.04. The van der Waals surface area contributed by atoms with Gasteiger partial charge in [-0.25, -0.2) is 4.79 Å². The van der Waals surface area contributed by atoms with Crippen molar-refractivity contribution in [3.8, 4) is 0 Å². The molecule has 0 unspecified atom stereocenters. The zero-order valence-electron chi connectivity index (χ0n) is 11.2. The maximum absolute atomic E-state index is 11.8. The minimum Gasteiger partial charge on any atom is -0.389 e. The highest BCUT2D eigenvalue weighted by atomic mass is 16.5. The van der Waals surface area contributed by atoms with Crippen LogP contribution in [0.15, 0.2) is 0 Å². The first-order valence-corrected chi connectivity index (χ1v) is 6.04. The van der Waals surface area contributed by atoms with Crippen molar-refractivity contribution in [2.45, 2.75) is 44.3 Å². The molecule has 5 nitrogen and oxygen atoms in total. The molecule has 0 saturated heterocycles. The van der Waals surface area contributed by atoms with Crippen molar-refractivity contribution in [1.82, 2.24) is 10.2 Å². The maximum atomic E-state index is 11.8. The van der Waals surface area contributed by atoms with Gasteiger partial charge in [0.25, 0.3) is 0 Å². The van der Waals surface area contributed by atoms with Gasteiger partial charge in [0.2, 0.25) is 0 Å². The van der Waals surface area contributed by atoms with Gasteiger partial charge in [0, 0.05) is 20.7 Å². The average molecular weight is 244 g/mol. The highest BCUT2D eigenvalue weighted by Crippen LogP contribution is 2.34. The lowest BCUT2D eigenvalue weighted by Crippen LogP contribution is -2.52. The lowest BCUT2D eigenvalue weighted by atomic mass is 9.80. The van der Waals surface area contributed by atoms with E-state index in [9.17, 15) is 9.90 Å². The van der Waals surface area contributed by atoms with E-state index >= 15 is 0 Å². The van der Waals surface area contributed by atoms with Gasteiger partial charge >= 0.3 is 6.03 Å². The van der Waals surface area contributed by atoms with Gasteiger partial charge in [0.15, 0.2) is 0 Å². The van der Waals surface area contributed by atoms with Crippen LogP contribution >= 0.6 is 0 Å². The third-order valence-corrected chi connectivity index (χ3v) is 3.23. The molecule has 0 bridgehead atoms. The third kappa shape index (κ3) is 4.16. The van der Waals surface area contributed by atoms with Crippen LogP contribution in [0, 0.1) is 0 Å². The number of ether oxygens (including phenoxy) is 1. The number of nitrogens with one attached hydrogen (secondary N) is 1. The van der Waals surface area contributed by atoms with Crippen molar-refractivity contribution in [2.24, 2.45) is 0 Å². The van der Waals surface area contributed by atoms with E-state index in [-0.39, 0.29) is 11.6 Å². The molecule has 0 aliphatic heterocycles. The fourth-order valence-corrected chi connectivity index (χ4v) is 2.05. The summed E-state index contributed by atoms with van der Waals surface area (Å²) < 4.78 is 5.42. The molecule has 2 amide bonds. The van der Waals surface area contributed by atoms with Gasteiger partial charge in [0.05, 0.1) is 17.7 Å². The van der Waals surface area contributed by atoms with Crippen LogP contribution in [0.4, 0.5) is 4.79 Å². The molecular weight excluding hydrogens is 220 g/mol. The zero-order chi connectivity index (χ0) is 13.1. The summed E-state index contributed by atoms with van der Waals surface area (Å²) in [6.07, 6.45) is 3.15. The first kappa shape index (κ1) is 14.3. The van der Waals surface area contributed by atoms with E-state index in [4.69, 9.17) is 4.74 Å². The number of amides is 2. The van der Waals surface area contributed by atoms with Gasteiger partial charge in [-0.15, -0.1) is 0 Å². The summed E-state index contributed by atoms with van der Waals surface area (Å²) in [7, 11) is 3.36. The van der Waals surface area contributed by atoms with Crippen LogP contribution in [-0.2, 0) is 4.74 Å². The van der Waals surface area contributed by atoms with Gasteiger partial charge < -0.3 is 20.1 Å². The van der Waals surface area contributed by atoms with Crippen LogP contribution < -0.4 is 5.32 Å². The normalized spacial score (nSPS) is 18.4. The van der Waals surface area contributed by atoms with Gasteiger partial charge in [0.1, 0.15) is 0 Å². The molecule has 0 radical (unpaired) electrons. The Morgan fingerprint density at radius 3 is 2.47 bits per heavy atom. The molecule has 0 aromatic carbocycles. The number of hydrogen-bond donors (Lipinski definition) is 2. The van der Waals surface area contributed by atoms with Crippen molar-refractivity contribution < 1.29 is 14.6 Å². The second-order valence-electron chi connectivity index (χ2n) is 5.57. The SMILES string of the molecule is COC1(CNC(=O)N(C)CC(C)(C)O)CCC1. The summed E-state index contributed by atoms with van der Waals surface area (Å²) in [4.78, 5) is 13.3. The van der Waals surface area contributed by atoms with Gasteiger partial charge in [-0.3, -0.25) is 0 Å². The number of carbonyl (C=O) groups excluding carboxylic acids is 1. The molecule has 0 aromatic rings. The van der Waals surface area contributed by atoms with Crippen molar-refractivity contribution in [1.29, 1.82) is 0 Å². The van der Waals surface area contributed by atoms with Gasteiger partial charge in [-0.1, -0.05) is 0 Å². The number of likely N-dealkylation sites (N-methyl/N-ethyl adjacent to an activating group) is 1. The van der Waals surface area contributed by atoms with Crippen LogP contribution in [-0.4, -0.2) is 54.5 Å². The highest BCUT2D eigenvalue weighted by Gasteiger charge is 2.37. The molecule has 1 rings (SSSR count). The summed E-state index contributed by atoms with van der Waals surface area (Å²) >= 11 is 0. The molecule has 0 aromatic heterocycles. The summed E-state index contributed by atoms with van der Waals surface area (Å²) in [6.45, 7) is 4.20. The van der Waals surface area contributed by atoms with Crippen molar-refractivity contribution in [3.05, 3.63) is 0 Å². The van der Waals surface area contributed by atoms with E-state index < -0.39 is 5.60 Å². The molecule has 1 saturated carbocycles. The number of hydrogen-bond acceptors (Lipinski definition) is 3. The summed E-state index contributed by atoms with van der Waals surface area (Å²) in [5.41, 5.74) is -1.03. The lowest BCUT2D eigenvalue weighted by molar-refractivity contribution is -0.0680. The van der Waals surface area contributed by atoms with Crippen LogP contribution in [0.3, 0.4) is 0 Å². The van der Waals surface area contributed by atoms with Crippen molar-refractivity contribution in [3.63, 3.8) is 0 Å². The predicted molar refractivity (Wildman–Crippen MR) is 65.9 cm³/mol. The number of urea groups is 1. The minimum atomic E-state index is -0.874. The molecule has 0 atom stereocenters. The third-order valence-electron chi connectivity index (χ3n) is 3.23. The standard InChI is InChI=1S/C12H24N2O3/c1-11(2,16)9-14(3)10(15)13-8-12(17-4)6-5-7-12/h16H,5-9H2,1-4H3,(H,13,15). The Balaban J connectivity index is 2.34. The van der Waals surface area contributed by atoms with E-state index in [0.717, 1.165) is 19.3 Å². The van der Waals surface area contributed by atoms with E-state index in [1.807, 2.05) is 0 Å². The van der Waals surface area contributed by atoms with E-state index in [0.29, 0.717) is 13.1 Å². The molecule has 100 valence electrons. The van der Waals surface area contributed by atoms with Crippen molar-refractivity contribution in [2.75, 3.05) is 27.2 Å². The van der Waals surface area contributed by atoms with Crippen LogP contribution in [0.25, 0.3) is 0 Å². The molecule has 5 heteroatoms. The number of aliphatic hydroxyl groups is 1. The monoisotopic (exact) mass is 244 g/mol. The Bertz CT molecular complexity index is 264. The smallest absolute Gasteiger partial charge is 0.317 e. The number of carbonyl (C=O) groups is 1. The molecule has 0 spiro atoms. The maximum Gasteiger partial charge on any atom is 0.317 e.